The van der Waals surface area contributed by atoms with Crippen molar-refractivity contribution in [3.05, 3.63) is 53.8 Å². The molecule has 2 amide bonds. The van der Waals surface area contributed by atoms with Gasteiger partial charge in [0.2, 0.25) is 18.6 Å². The summed E-state index contributed by atoms with van der Waals surface area (Å²) in [6.07, 6.45) is 0.123. The van der Waals surface area contributed by atoms with Gasteiger partial charge in [0.05, 0.1) is 5.92 Å². The third kappa shape index (κ3) is 3.08. The summed E-state index contributed by atoms with van der Waals surface area (Å²) in [7, 11) is 0. The lowest BCUT2D eigenvalue weighted by atomic mass is 10.1. The summed E-state index contributed by atoms with van der Waals surface area (Å²) in [5.41, 5.74) is 1.08. The molecule has 4 rings (SSSR count). The van der Waals surface area contributed by atoms with Gasteiger partial charge in [-0.3, -0.25) is 9.59 Å². The van der Waals surface area contributed by atoms with Crippen LogP contribution in [0.15, 0.2) is 42.5 Å². The number of hydrogen-bond donors (Lipinski definition) is 1. The van der Waals surface area contributed by atoms with E-state index in [2.05, 4.69) is 5.32 Å². The molecule has 0 bridgehead atoms. The summed E-state index contributed by atoms with van der Waals surface area (Å²) in [6.45, 7) is 0.537. The molecule has 7 heteroatoms. The van der Waals surface area contributed by atoms with Crippen LogP contribution >= 0.6 is 0 Å². The molecule has 134 valence electrons. The predicted octanol–water partition coefficient (Wildman–Crippen LogP) is 2.22. The molecule has 0 aliphatic carbocycles. The summed E-state index contributed by atoms with van der Waals surface area (Å²) in [5.74, 6) is -0.000865. The first kappa shape index (κ1) is 16.4. The Morgan fingerprint density at radius 2 is 2.00 bits per heavy atom. The fraction of sp³-hybridized carbons (Fsp3) is 0.263. The number of fused-ring (bicyclic) bond motifs is 1. The smallest absolute Gasteiger partial charge is 0.231 e. The number of hydrogen-bond acceptors (Lipinski definition) is 4. The lowest BCUT2D eigenvalue weighted by Gasteiger charge is -2.17. The van der Waals surface area contributed by atoms with E-state index in [4.69, 9.17) is 9.47 Å². The van der Waals surface area contributed by atoms with Crippen LogP contribution in [0.4, 0.5) is 10.1 Å². The normalized spacial score (nSPS) is 18.3. The minimum atomic E-state index is -0.473. The van der Waals surface area contributed by atoms with Crippen molar-refractivity contribution >= 4 is 17.5 Å². The minimum Gasteiger partial charge on any atom is -0.454 e. The highest BCUT2D eigenvalue weighted by atomic mass is 19.1. The fourth-order valence-electron chi connectivity index (χ4n) is 3.15. The van der Waals surface area contributed by atoms with Gasteiger partial charge in [-0.05, 0) is 18.2 Å². The van der Waals surface area contributed by atoms with Crippen molar-refractivity contribution in [2.45, 2.75) is 13.0 Å². The largest absolute Gasteiger partial charge is 0.454 e. The second kappa shape index (κ2) is 6.67. The third-order valence-electron chi connectivity index (χ3n) is 4.57. The number of benzene rings is 2. The number of rotatable bonds is 4. The molecule has 2 heterocycles. The van der Waals surface area contributed by atoms with Crippen LogP contribution in [0.5, 0.6) is 11.5 Å². The Labute approximate surface area is 149 Å². The van der Waals surface area contributed by atoms with Crippen LogP contribution in [-0.2, 0) is 16.1 Å². The molecule has 1 fully saturated rings. The van der Waals surface area contributed by atoms with Crippen LogP contribution in [0.25, 0.3) is 0 Å². The molecule has 26 heavy (non-hydrogen) atoms. The molecule has 6 nitrogen and oxygen atoms in total. The summed E-state index contributed by atoms with van der Waals surface area (Å²) < 4.78 is 24.2. The maximum atomic E-state index is 13.6. The van der Waals surface area contributed by atoms with Crippen LogP contribution in [-0.4, -0.2) is 25.2 Å². The Kier molecular flexibility index (Phi) is 4.20. The standard InChI is InChI=1S/C19H17FN2O4/c20-15-4-2-1-3-12(15)9-21-19(24)13-7-18(23)22(10-13)14-5-6-16-17(8-14)26-11-25-16/h1-6,8,13H,7,9-11H2,(H,21,24). The first-order valence-corrected chi connectivity index (χ1v) is 8.33. The average Bonchev–Trinajstić information content (AvgIpc) is 3.26. The summed E-state index contributed by atoms with van der Waals surface area (Å²) in [4.78, 5) is 26.3. The van der Waals surface area contributed by atoms with Crippen LogP contribution in [0.2, 0.25) is 0 Å². The molecule has 1 unspecified atom stereocenters. The highest BCUT2D eigenvalue weighted by Gasteiger charge is 2.35. The van der Waals surface area contributed by atoms with E-state index in [1.807, 2.05) is 0 Å². The van der Waals surface area contributed by atoms with Gasteiger partial charge in [0.1, 0.15) is 5.82 Å². The lowest BCUT2D eigenvalue weighted by Crippen LogP contribution is -2.32. The van der Waals surface area contributed by atoms with Crippen LogP contribution in [0, 0.1) is 11.7 Å². The Morgan fingerprint density at radius 1 is 1.19 bits per heavy atom. The van der Waals surface area contributed by atoms with Crippen molar-refractivity contribution in [3.8, 4) is 11.5 Å². The van der Waals surface area contributed by atoms with Crippen molar-refractivity contribution in [1.29, 1.82) is 0 Å². The molecule has 0 radical (unpaired) electrons. The number of nitrogens with zero attached hydrogens (tertiary/aromatic N) is 1. The van der Waals surface area contributed by atoms with E-state index in [0.29, 0.717) is 22.7 Å². The Hall–Kier alpha value is -3.09. The maximum Gasteiger partial charge on any atom is 0.231 e. The average molecular weight is 356 g/mol. The molecule has 1 saturated heterocycles. The van der Waals surface area contributed by atoms with Crippen molar-refractivity contribution in [2.24, 2.45) is 5.92 Å². The van der Waals surface area contributed by atoms with E-state index in [0.717, 1.165) is 0 Å². The van der Waals surface area contributed by atoms with Crippen LogP contribution in [0.3, 0.4) is 0 Å². The highest BCUT2D eigenvalue weighted by Crippen LogP contribution is 2.37. The first-order valence-electron chi connectivity index (χ1n) is 8.33. The maximum absolute atomic E-state index is 13.6. The second-order valence-electron chi connectivity index (χ2n) is 6.25. The lowest BCUT2D eigenvalue weighted by molar-refractivity contribution is -0.126. The van der Waals surface area contributed by atoms with Gasteiger partial charge >= 0.3 is 0 Å². The number of nitrogens with one attached hydrogen (secondary N) is 1. The quantitative estimate of drug-likeness (QED) is 0.912. The van der Waals surface area contributed by atoms with Crippen molar-refractivity contribution < 1.29 is 23.5 Å². The van der Waals surface area contributed by atoms with Gasteiger partial charge in [0, 0.05) is 36.8 Å². The Balaban J connectivity index is 1.41. The van der Waals surface area contributed by atoms with E-state index >= 15 is 0 Å². The molecule has 2 aliphatic heterocycles. The third-order valence-corrected chi connectivity index (χ3v) is 4.57. The number of carbonyl (C=O) groups excluding carboxylic acids is 2. The van der Waals surface area contributed by atoms with Crippen LogP contribution in [0.1, 0.15) is 12.0 Å². The van der Waals surface area contributed by atoms with E-state index in [1.54, 1.807) is 41.3 Å². The Morgan fingerprint density at radius 3 is 2.85 bits per heavy atom. The number of anilines is 1. The summed E-state index contributed by atoms with van der Waals surface area (Å²) in [5, 5.41) is 2.71. The molecule has 1 N–H and O–H groups in total. The Bertz CT molecular complexity index is 870. The van der Waals surface area contributed by atoms with E-state index in [9.17, 15) is 14.0 Å². The zero-order chi connectivity index (χ0) is 18.1. The van der Waals surface area contributed by atoms with E-state index in [-0.39, 0.29) is 43.9 Å². The van der Waals surface area contributed by atoms with Crippen LogP contribution < -0.4 is 19.7 Å². The zero-order valence-corrected chi connectivity index (χ0v) is 13.9. The van der Waals surface area contributed by atoms with Gasteiger partial charge in [0.25, 0.3) is 0 Å². The predicted molar refractivity (Wildman–Crippen MR) is 91.3 cm³/mol. The van der Waals surface area contributed by atoms with E-state index in [1.165, 1.54) is 6.07 Å². The SMILES string of the molecule is O=C(NCc1ccccc1F)C1CC(=O)N(c2ccc3c(c2)OCO3)C1. The van der Waals surface area contributed by atoms with Gasteiger partial charge < -0.3 is 19.7 Å². The monoisotopic (exact) mass is 356 g/mol. The first-order chi connectivity index (χ1) is 12.6. The molecular formula is C19H17FN2O4. The molecular weight excluding hydrogens is 339 g/mol. The minimum absolute atomic E-state index is 0.0974. The van der Waals surface area contributed by atoms with Gasteiger partial charge in [-0.2, -0.15) is 0 Å². The number of amides is 2. The number of halogens is 1. The summed E-state index contributed by atoms with van der Waals surface area (Å²) in [6, 6.07) is 11.5. The fourth-order valence-corrected chi connectivity index (χ4v) is 3.15. The van der Waals surface area contributed by atoms with Crippen molar-refractivity contribution in [2.75, 3.05) is 18.2 Å². The van der Waals surface area contributed by atoms with E-state index < -0.39 is 5.92 Å². The van der Waals surface area contributed by atoms with Crippen molar-refractivity contribution in [1.82, 2.24) is 5.32 Å². The molecule has 1 atom stereocenters. The topological polar surface area (TPSA) is 67.9 Å². The van der Waals surface area contributed by atoms with Gasteiger partial charge in [-0.1, -0.05) is 18.2 Å². The van der Waals surface area contributed by atoms with Crippen molar-refractivity contribution in [3.63, 3.8) is 0 Å². The molecule has 2 aliphatic rings. The molecule has 0 spiro atoms. The number of carbonyl (C=O) groups is 2. The van der Waals surface area contributed by atoms with Gasteiger partial charge in [0.15, 0.2) is 11.5 Å². The van der Waals surface area contributed by atoms with Gasteiger partial charge in [-0.15, -0.1) is 0 Å². The summed E-state index contributed by atoms with van der Waals surface area (Å²) >= 11 is 0. The molecule has 2 aromatic rings. The van der Waals surface area contributed by atoms with Gasteiger partial charge in [-0.25, -0.2) is 4.39 Å². The molecule has 2 aromatic carbocycles. The molecule has 0 aromatic heterocycles. The zero-order valence-electron chi connectivity index (χ0n) is 13.9. The highest BCUT2D eigenvalue weighted by molar-refractivity contribution is 6.00. The number of ether oxygens (including phenoxy) is 2. The second-order valence-corrected chi connectivity index (χ2v) is 6.25. The molecule has 0 saturated carbocycles.